The average molecular weight is 341 g/mol. The van der Waals surface area contributed by atoms with Gasteiger partial charge in [0.05, 0.1) is 18.3 Å². The molecule has 0 fully saturated rings. The number of H-pyrrole nitrogens is 1. The molecule has 0 saturated heterocycles. The number of pyridine rings is 1. The Balaban J connectivity index is 1.64. The Morgan fingerprint density at radius 2 is 1.77 bits per heavy atom. The summed E-state index contributed by atoms with van der Waals surface area (Å²) in [6.07, 6.45) is 4.43. The topological polar surface area (TPSA) is 57.8 Å². The van der Waals surface area contributed by atoms with E-state index in [1.165, 1.54) is 5.56 Å². The van der Waals surface area contributed by atoms with Crippen molar-refractivity contribution in [1.29, 1.82) is 0 Å². The summed E-state index contributed by atoms with van der Waals surface area (Å²) in [4.78, 5) is 20.1. The van der Waals surface area contributed by atoms with E-state index in [0.717, 1.165) is 28.6 Å². The highest BCUT2D eigenvalue weighted by atomic mass is 16.1. The summed E-state index contributed by atoms with van der Waals surface area (Å²) in [6.45, 7) is 0. The molecule has 0 radical (unpaired) electrons. The van der Waals surface area contributed by atoms with E-state index in [4.69, 9.17) is 0 Å². The summed E-state index contributed by atoms with van der Waals surface area (Å²) < 4.78 is 0. The van der Waals surface area contributed by atoms with Crippen molar-refractivity contribution in [3.05, 3.63) is 95.9 Å². The molecule has 2 aromatic carbocycles. The Hall–Kier alpha value is -3.40. The van der Waals surface area contributed by atoms with Crippen LogP contribution in [0.5, 0.6) is 0 Å². The summed E-state index contributed by atoms with van der Waals surface area (Å²) in [5, 5.41) is 4.02. The molecule has 0 saturated carbocycles. The van der Waals surface area contributed by atoms with Gasteiger partial charge in [0, 0.05) is 29.2 Å². The van der Waals surface area contributed by atoms with Gasteiger partial charge in [-0.05, 0) is 29.3 Å². The van der Waals surface area contributed by atoms with Crippen LogP contribution >= 0.6 is 0 Å². The number of amides is 1. The lowest BCUT2D eigenvalue weighted by atomic mass is 10.0. The van der Waals surface area contributed by atoms with Crippen molar-refractivity contribution in [2.45, 2.75) is 12.8 Å². The fourth-order valence-corrected chi connectivity index (χ4v) is 3.21. The highest BCUT2D eigenvalue weighted by Gasteiger charge is 2.15. The molecule has 4 rings (SSSR count). The predicted octanol–water partition coefficient (Wildman–Crippen LogP) is 4.33. The van der Waals surface area contributed by atoms with E-state index in [-0.39, 0.29) is 5.91 Å². The second-order valence-corrected chi connectivity index (χ2v) is 6.26. The van der Waals surface area contributed by atoms with Gasteiger partial charge in [-0.15, -0.1) is 0 Å². The first-order valence-corrected chi connectivity index (χ1v) is 8.62. The zero-order chi connectivity index (χ0) is 17.8. The molecule has 1 amide bonds. The second-order valence-electron chi connectivity index (χ2n) is 6.26. The molecule has 0 atom stereocenters. The predicted molar refractivity (Wildman–Crippen MR) is 104 cm³/mol. The third-order valence-electron chi connectivity index (χ3n) is 4.41. The largest absolute Gasteiger partial charge is 0.358 e. The number of hydrogen-bond donors (Lipinski definition) is 2. The van der Waals surface area contributed by atoms with Crippen molar-refractivity contribution < 1.29 is 4.79 Å². The van der Waals surface area contributed by atoms with Crippen molar-refractivity contribution >= 4 is 22.5 Å². The fourth-order valence-electron chi connectivity index (χ4n) is 3.21. The molecule has 4 aromatic rings. The van der Waals surface area contributed by atoms with Crippen molar-refractivity contribution in [3.8, 4) is 0 Å². The fraction of sp³-hybridized carbons (Fsp3) is 0.0909. The van der Waals surface area contributed by atoms with Gasteiger partial charge in [0.1, 0.15) is 0 Å². The molecule has 0 aliphatic rings. The number of aromatic amines is 1. The van der Waals surface area contributed by atoms with Gasteiger partial charge in [0.25, 0.3) is 0 Å². The van der Waals surface area contributed by atoms with E-state index in [1.54, 1.807) is 12.4 Å². The number of fused-ring (bicyclic) bond motifs is 1. The van der Waals surface area contributed by atoms with Crippen LogP contribution in [0, 0.1) is 0 Å². The Kier molecular flexibility index (Phi) is 4.48. The van der Waals surface area contributed by atoms with Crippen LogP contribution in [0.2, 0.25) is 0 Å². The second kappa shape index (κ2) is 7.23. The third kappa shape index (κ3) is 3.49. The van der Waals surface area contributed by atoms with Crippen molar-refractivity contribution in [2.75, 3.05) is 5.32 Å². The van der Waals surface area contributed by atoms with E-state index in [9.17, 15) is 4.79 Å². The number of nitrogens with zero attached hydrogens (tertiary/aromatic N) is 1. The van der Waals surface area contributed by atoms with Gasteiger partial charge in [-0.25, -0.2) is 0 Å². The van der Waals surface area contributed by atoms with Crippen LogP contribution in [-0.4, -0.2) is 15.9 Å². The molecule has 4 heteroatoms. The Labute approximate surface area is 151 Å². The number of hydrogen-bond acceptors (Lipinski definition) is 2. The van der Waals surface area contributed by atoms with Gasteiger partial charge in [-0.1, -0.05) is 48.5 Å². The number of carbonyl (C=O) groups excluding carboxylic acids is 1. The molecule has 0 unspecified atom stereocenters. The standard InChI is InChI=1S/C22H19N3O/c26-22(24-17-9-6-12-23-15-17)14-19-18-10-4-5-11-20(18)25-21(19)13-16-7-2-1-3-8-16/h1-12,15,25H,13-14H2,(H,24,26). The lowest BCUT2D eigenvalue weighted by Crippen LogP contribution is -2.15. The molecule has 128 valence electrons. The van der Waals surface area contributed by atoms with E-state index in [0.29, 0.717) is 12.1 Å². The Bertz CT molecular complexity index is 1020. The minimum Gasteiger partial charge on any atom is -0.358 e. The number of anilines is 1. The van der Waals surface area contributed by atoms with Crippen LogP contribution < -0.4 is 5.32 Å². The monoisotopic (exact) mass is 341 g/mol. The molecule has 2 N–H and O–H groups in total. The van der Waals surface area contributed by atoms with Crippen LogP contribution in [0.1, 0.15) is 16.8 Å². The zero-order valence-corrected chi connectivity index (χ0v) is 14.3. The number of para-hydroxylation sites is 1. The van der Waals surface area contributed by atoms with E-state index < -0.39 is 0 Å². The number of carbonyl (C=O) groups is 1. The summed E-state index contributed by atoms with van der Waals surface area (Å²) in [7, 11) is 0. The Morgan fingerprint density at radius 1 is 0.962 bits per heavy atom. The van der Waals surface area contributed by atoms with Gasteiger partial charge in [0.2, 0.25) is 5.91 Å². The van der Waals surface area contributed by atoms with Crippen LogP contribution in [0.25, 0.3) is 10.9 Å². The summed E-state index contributed by atoms with van der Waals surface area (Å²) in [5.74, 6) is -0.0444. The van der Waals surface area contributed by atoms with E-state index >= 15 is 0 Å². The maximum atomic E-state index is 12.6. The Morgan fingerprint density at radius 3 is 2.58 bits per heavy atom. The molecule has 0 aliphatic heterocycles. The minimum atomic E-state index is -0.0444. The van der Waals surface area contributed by atoms with Crippen LogP contribution in [0.4, 0.5) is 5.69 Å². The number of benzene rings is 2. The van der Waals surface area contributed by atoms with Crippen LogP contribution in [-0.2, 0) is 17.6 Å². The maximum absolute atomic E-state index is 12.6. The summed E-state index contributed by atoms with van der Waals surface area (Å²) in [6, 6.07) is 22.1. The maximum Gasteiger partial charge on any atom is 0.228 e. The molecule has 26 heavy (non-hydrogen) atoms. The van der Waals surface area contributed by atoms with E-state index in [2.05, 4.69) is 33.5 Å². The minimum absolute atomic E-state index is 0.0444. The number of rotatable bonds is 5. The molecule has 0 aliphatic carbocycles. The summed E-state index contributed by atoms with van der Waals surface area (Å²) in [5.41, 5.74) is 5.11. The first-order chi connectivity index (χ1) is 12.8. The van der Waals surface area contributed by atoms with Gasteiger partial charge in [0.15, 0.2) is 0 Å². The van der Waals surface area contributed by atoms with Crippen LogP contribution in [0.3, 0.4) is 0 Å². The number of nitrogens with one attached hydrogen (secondary N) is 2. The van der Waals surface area contributed by atoms with Crippen molar-refractivity contribution in [1.82, 2.24) is 9.97 Å². The van der Waals surface area contributed by atoms with Crippen LogP contribution in [0.15, 0.2) is 79.1 Å². The smallest absolute Gasteiger partial charge is 0.228 e. The molecule has 4 nitrogen and oxygen atoms in total. The van der Waals surface area contributed by atoms with Gasteiger partial charge in [-0.2, -0.15) is 0 Å². The molecular formula is C22H19N3O. The van der Waals surface area contributed by atoms with Gasteiger partial charge < -0.3 is 10.3 Å². The zero-order valence-electron chi connectivity index (χ0n) is 14.3. The quantitative estimate of drug-likeness (QED) is 0.567. The van der Waals surface area contributed by atoms with Crippen molar-refractivity contribution in [2.24, 2.45) is 0 Å². The van der Waals surface area contributed by atoms with Gasteiger partial charge in [-0.3, -0.25) is 9.78 Å². The third-order valence-corrected chi connectivity index (χ3v) is 4.41. The number of aromatic nitrogens is 2. The molecule has 2 aromatic heterocycles. The van der Waals surface area contributed by atoms with Crippen molar-refractivity contribution in [3.63, 3.8) is 0 Å². The first-order valence-electron chi connectivity index (χ1n) is 8.62. The normalized spacial score (nSPS) is 10.8. The van der Waals surface area contributed by atoms with E-state index in [1.807, 2.05) is 48.5 Å². The average Bonchev–Trinajstić information content (AvgIpc) is 3.00. The summed E-state index contributed by atoms with van der Waals surface area (Å²) >= 11 is 0. The SMILES string of the molecule is O=C(Cc1c(Cc2ccccc2)[nH]c2ccccc12)Nc1cccnc1. The van der Waals surface area contributed by atoms with Gasteiger partial charge >= 0.3 is 0 Å². The molecule has 2 heterocycles. The highest BCUT2D eigenvalue weighted by Crippen LogP contribution is 2.25. The lowest BCUT2D eigenvalue weighted by molar-refractivity contribution is -0.115. The highest BCUT2D eigenvalue weighted by molar-refractivity contribution is 5.96. The molecule has 0 bridgehead atoms. The molecule has 0 spiro atoms. The first kappa shape index (κ1) is 16.1. The lowest BCUT2D eigenvalue weighted by Gasteiger charge is -2.07. The molecular weight excluding hydrogens is 322 g/mol.